The number of amides is 3. The average Bonchev–Trinajstić information content (AvgIpc) is 2.94. The molecule has 3 N–H and O–H groups in total. The fraction of sp³-hybridized carbons (Fsp3) is 0.517. The zero-order valence-corrected chi connectivity index (χ0v) is 22.2. The Hall–Kier alpha value is -3.42. The zero-order chi connectivity index (χ0) is 26.0. The van der Waals surface area contributed by atoms with E-state index in [2.05, 4.69) is 38.7 Å². The number of para-hydroxylation sites is 2. The summed E-state index contributed by atoms with van der Waals surface area (Å²) in [6.07, 6.45) is 7.55. The molecule has 37 heavy (non-hydrogen) atoms. The molecule has 1 aliphatic carbocycles. The van der Waals surface area contributed by atoms with Crippen LogP contribution in [0, 0.1) is 0 Å². The Kier molecular flexibility index (Phi) is 9.52. The Morgan fingerprint density at radius 3 is 2.35 bits per heavy atom. The number of piperazine rings is 1. The number of hydrogen-bond acceptors (Lipinski definition) is 5. The molecule has 0 radical (unpaired) electrons. The van der Waals surface area contributed by atoms with Crippen molar-refractivity contribution >= 4 is 29.0 Å². The molecule has 4 rings (SSSR count). The quantitative estimate of drug-likeness (QED) is 0.416. The Balaban J connectivity index is 1.50. The molecule has 8 heteroatoms. The fourth-order valence-corrected chi connectivity index (χ4v) is 5.21. The van der Waals surface area contributed by atoms with Crippen molar-refractivity contribution in [1.82, 2.24) is 10.6 Å². The molecule has 2 fully saturated rings. The van der Waals surface area contributed by atoms with Crippen LogP contribution in [0.3, 0.4) is 0 Å². The Bertz CT molecular complexity index is 1050. The highest BCUT2D eigenvalue weighted by atomic mass is 16.5. The largest absolute Gasteiger partial charge is 0.495 e. The molecular formula is C29H41N5O3. The molecule has 3 amide bonds. The van der Waals surface area contributed by atoms with Gasteiger partial charge in [-0.1, -0.05) is 44.7 Å². The van der Waals surface area contributed by atoms with E-state index in [1.165, 1.54) is 6.42 Å². The topological polar surface area (TPSA) is 85.9 Å². The number of urea groups is 1. The Morgan fingerprint density at radius 1 is 0.946 bits per heavy atom. The van der Waals surface area contributed by atoms with Crippen LogP contribution in [0.4, 0.5) is 21.9 Å². The van der Waals surface area contributed by atoms with Crippen molar-refractivity contribution in [2.75, 3.05) is 55.0 Å². The van der Waals surface area contributed by atoms with Crippen molar-refractivity contribution in [2.24, 2.45) is 0 Å². The van der Waals surface area contributed by atoms with Crippen LogP contribution in [0.15, 0.2) is 42.5 Å². The lowest BCUT2D eigenvalue weighted by molar-refractivity contribution is 0.0928. The maximum atomic E-state index is 13.5. The van der Waals surface area contributed by atoms with Gasteiger partial charge in [-0.05, 0) is 49.6 Å². The number of anilines is 3. The SMILES string of the molecule is CCCCNC(=O)Nc1ccc(N2CCN(c3ccccc3OC)CC2)c(C(=O)NC2CCCCC2)c1. The number of hydrogen-bond donors (Lipinski definition) is 3. The third kappa shape index (κ3) is 7.08. The maximum absolute atomic E-state index is 13.5. The molecule has 1 heterocycles. The highest BCUT2D eigenvalue weighted by Gasteiger charge is 2.25. The smallest absolute Gasteiger partial charge is 0.319 e. The van der Waals surface area contributed by atoms with Crippen molar-refractivity contribution in [3.05, 3.63) is 48.0 Å². The van der Waals surface area contributed by atoms with Gasteiger partial charge in [0, 0.05) is 50.1 Å². The molecule has 0 bridgehead atoms. The maximum Gasteiger partial charge on any atom is 0.319 e. The lowest BCUT2D eigenvalue weighted by atomic mass is 9.95. The first-order chi connectivity index (χ1) is 18.1. The van der Waals surface area contributed by atoms with E-state index in [1.807, 2.05) is 36.4 Å². The molecule has 0 spiro atoms. The lowest BCUT2D eigenvalue weighted by Crippen LogP contribution is -2.47. The molecule has 0 unspecified atom stereocenters. The summed E-state index contributed by atoms with van der Waals surface area (Å²) in [4.78, 5) is 30.4. The van der Waals surface area contributed by atoms with Gasteiger partial charge in [0.15, 0.2) is 0 Å². The van der Waals surface area contributed by atoms with E-state index in [0.717, 1.165) is 81.8 Å². The first-order valence-electron chi connectivity index (χ1n) is 13.7. The molecule has 2 aromatic rings. The summed E-state index contributed by atoms with van der Waals surface area (Å²) in [5, 5.41) is 9.04. The minimum Gasteiger partial charge on any atom is -0.495 e. The van der Waals surface area contributed by atoms with Crippen LogP contribution in [0.1, 0.15) is 62.2 Å². The van der Waals surface area contributed by atoms with E-state index in [-0.39, 0.29) is 18.0 Å². The summed E-state index contributed by atoms with van der Waals surface area (Å²) in [5.41, 5.74) is 3.24. The van der Waals surface area contributed by atoms with E-state index in [4.69, 9.17) is 4.74 Å². The molecule has 1 aliphatic heterocycles. The second-order valence-corrected chi connectivity index (χ2v) is 9.92. The van der Waals surface area contributed by atoms with Gasteiger partial charge < -0.3 is 30.5 Å². The number of carbonyl (C=O) groups excluding carboxylic acids is 2. The van der Waals surface area contributed by atoms with Crippen molar-refractivity contribution in [3.63, 3.8) is 0 Å². The normalized spacial score (nSPS) is 16.3. The molecule has 200 valence electrons. The number of ether oxygens (including phenoxy) is 1. The van der Waals surface area contributed by atoms with Gasteiger partial charge >= 0.3 is 6.03 Å². The van der Waals surface area contributed by atoms with Gasteiger partial charge in [0.05, 0.1) is 18.4 Å². The minimum atomic E-state index is -0.245. The summed E-state index contributed by atoms with van der Waals surface area (Å²) in [6.45, 7) is 5.93. The third-order valence-corrected chi connectivity index (χ3v) is 7.30. The van der Waals surface area contributed by atoms with E-state index in [0.29, 0.717) is 17.8 Å². The summed E-state index contributed by atoms with van der Waals surface area (Å²) in [6, 6.07) is 13.7. The highest BCUT2D eigenvalue weighted by Crippen LogP contribution is 2.31. The number of methoxy groups -OCH3 is 1. The van der Waals surface area contributed by atoms with Crippen LogP contribution in [0.25, 0.3) is 0 Å². The van der Waals surface area contributed by atoms with Gasteiger partial charge in [-0.2, -0.15) is 0 Å². The first kappa shape index (κ1) is 26.6. The van der Waals surface area contributed by atoms with Crippen molar-refractivity contribution in [3.8, 4) is 5.75 Å². The molecule has 1 saturated heterocycles. The van der Waals surface area contributed by atoms with Gasteiger partial charge in [-0.15, -0.1) is 0 Å². The van der Waals surface area contributed by atoms with Crippen LogP contribution in [-0.4, -0.2) is 57.8 Å². The van der Waals surface area contributed by atoms with Crippen LogP contribution in [-0.2, 0) is 0 Å². The Labute approximate surface area is 220 Å². The van der Waals surface area contributed by atoms with Gasteiger partial charge in [-0.25, -0.2) is 4.79 Å². The average molecular weight is 508 g/mol. The van der Waals surface area contributed by atoms with Crippen molar-refractivity contribution in [1.29, 1.82) is 0 Å². The molecular weight excluding hydrogens is 466 g/mol. The molecule has 2 aromatic carbocycles. The van der Waals surface area contributed by atoms with E-state index >= 15 is 0 Å². The monoisotopic (exact) mass is 507 g/mol. The second-order valence-electron chi connectivity index (χ2n) is 9.92. The highest BCUT2D eigenvalue weighted by molar-refractivity contribution is 6.02. The predicted octanol–water partition coefficient (Wildman–Crippen LogP) is 5.01. The second kappa shape index (κ2) is 13.2. The standard InChI is InChI=1S/C29H41N5O3/c1-3-4-16-30-29(36)32-23-14-15-25(24(21-23)28(35)31-22-10-6-5-7-11-22)33-17-19-34(20-18-33)26-12-8-9-13-27(26)37-2/h8-9,12-15,21-22H,3-7,10-11,16-20H2,1-2H3,(H,31,35)(H2,30,32,36). The molecule has 8 nitrogen and oxygen atoms in total. The van der Waals surface area contributed by atoms with Gasteiger partial charge in [0.1, 0.15) is 5.75 Å². The van der Waals surface area contributed by atoms with Crippen LogP contribution in [0.2, 0.25) is 0 Å². The van der Waals surface area contributed by atoms with Gasteiger partial charge in [-0.3, -0.25) is 4.79 Å². The fourth-order valence-electron chi connectivity index (χ4n) is 5.21. The van der Waals surface area contributed by atoms with E-state index in [9.17, 15) is 9.59 Å². The van der Waals surface area contributed by atoms with Crippen molar-refractivity contribution in [2.45, 2.75) is 57.9 Å². The number of carbonyl (C=O) groups is 2. The number of nitrogens with one attached hydrogen (secondary N) is 3. The van der Waals surface area contributed by atoms with Crippen molar-refractivity contribution < 1.29 is 14.3 Å². The minimum absolute atomic E-state index is 0.0656. The predicted molar refractivity (Wildman–Crippen MR) is 150 cm³/mol. The van der Waals surface area contributed by atoms with Crippen LogP contribution < -0.4 is 30.5 Å². The number of unbranched alkanes of at least 4 members (excludes halogenated alkanes) is 1. The van der Waals surface area contributed by atoms with Crippen LogP contribution >= 0.6 is 0 Å². The summed E-state index contributed by atoms with van der Waals surface area (Å²) >= 11 is 0. The third-order valence-electron chi connectivity index (χ3n) is 7.30. The summed E-state index contributed by atoms with van der Waals surface area (Å²) in [5.74, 6) is 0.806. The van der Waals surface area contributed by atoms with Gasteiger partial charge in [0.2, 0.25) is 0 Å². The van der Waals surface area contributed by atoms with Gasteiger partial charge in [0.25, 0.3) is 5.91 Å². The molecule has 0 atom stereocenters. The van der Waals surface area contributed by atoms with Crippen LogP contribution in [0.5, 0.6) is 5.75 Å². The molecule has 2 aliphatic rings. The summed E-state index contributed by atoms with van der Waals surface area (Å²) in [7, 11) is 1.70. The number of rotatable bonds is 9. The number of benzene rings is 2. The molecule has 0 aromatic heterocycles. The number of nitrogens with zero attached hydrogens (tertiary/aromatic N) is 2. The lowest BCUT2D eigenvalue weighted by Gasteiger charge is -2.38. The summed E-state index contributed by atoms with van der Waals surface area (Å²) < 4.78 is 5.56. The first-order valence-corrected chi connectivity index (χ1v) is 13.7. The molecule has 1 saturated carbocycles. The zero-order valence-electron chi connectivity index (χ0n) is 22.2. The Morgan fingerprint density at radius 2 is 1.65 bits per heavy atom. The van der Waals surface area contributed by atoms with E-state index < -0.39 is 0 Å². The van der Waals surface area contributed by atoms with E-state index in [1.54, 1.807) is 7.11 Å².